The summed E-state index contributed by atoms with van der Waals surface area (Å²) in [5.74, 6) is -0.411. The Labute approximate surface area is 232 Å². The molecule has 2 aromatic heterocycles. The minimum absolute atomic E-state index is 0.0233. The first-order chi connectivity index (χ1) is 18.9. The molecule has 0 amide bonds. The molecule has 13 nitrogen and oxygen atoms in total. The minimum atomic E-state index is -3.78. The molecule has 4 rings (SSSR count). The van der Waals surface area contributed by atoms with Gasteiger partial charge in [-0.25, -0.2) is 28.8 Å². The summed E-state index contributed by atoms with van der Waals surface area (Å²) in [5.41, 5.74) is 3.28. The average Bonchev–Trinajstić information content (AvgIpc) is 3.43. The lowest BCUT2D eigenvalue weighted by Crippen LogP contribution is -2.53. The lowest BCUT2D eigenvalue weighted by atomic mass is 9.96. The number of carbonyl (C=O) groups is 1. The van der Waals surface area contributed by atoms with Gasteiger partial charge >= 0.3 is 12.6 Å². The summed E-state index contributed by atoms with van der Waals surface area (Å²) in [6.45, 7) is -0.0311. The molecular weight excluding hydrogens is 573 g/mol. The Kier molecular flexibility index (Phi) is 8.99. The van der Waals surface area contributed by atoms with E-state index in [0.29, 0.717) is 0 Å². The van der Waals surface area contributed by atoms with Gasteiger partial charge in [-0.05, 0) is 44.7 Å². The van der Waals surface area contributed by atoms with Gasteiger partial charge in [0.15, 0.2) is 23.3 Å². The van der Waals surface area contributed by atoms with Crippen LogP contribution in [0.5, 0.6) is 5.75 Å². The normalized spacial score (nSPS) is 25.3. The zero-order valence-corrected chi connectivity index (χ0v) is 23.3. The van der Waals surface area contributed by atoms with Crippen molar-refractivity contribution in [3.8, 4) is 5.75 Å². The second-order valence-corrected chi connectivity index (χ2v) is 12.4. The van der Waals surface area contributed by atoms with Gasteiger partial charge in [-0.3, -0.25) is 9.36 Å². The van der Waals surface area contributed by atoms with Crippen molar-refractivity contribution < 1.29 is 42.3 Å². The molecule has 0 spiro atoms. The number of hydrogen-bond donors (Lipinski definition) is 4. The summed E-state index contributed by atoms with van der Waals surface area (Å²) >= 11 is 5.58. The largest absolute Gasteiger partial charge is 0.462 e. The van der Waals surface area contributed by atoms with E-state index in [4.69, 9.17) is 36.1 Å². The van der Waals surface area contributed by atoms with Crippen LogP contribution in [0.3, 0.4) is 0 Å². The van der Waals surface area contributed by atoms with E-state index < -0.39 is 61.8 Å². The maximum atomic E-state index is 14.6. The van der Waals surface area contributed by atoms with Gasteiger partial charge in [0.1, 0.15) is 35.8 Å². The van der Waals surface area contributed by atoms with E-state index in [1.807, 2.05) is 0 Å². The number of alkyl halides is 2. The number of anilines is 1. The standard InChI is InChI=1S/C23H29F2N6O7PS/c1-12(2)36-21(34)13(3)30-39(40,38-14-7-5-4-6-8-14)35-9-23(22(24)25)17(33)16(32)20(37-23)31-11-29-15-18(26)27-10-28-19(15)31/h4-8,10-13,16-17,20,22,32-33H,9H2,1-3H3,(H,30,40)(H2,26,27,28)/t13-,16-,17-,20+,23+,39?/m0/s1. The first kappa shape index (κ1) is 30.1. The monoisotopic (exact) mass is 602 g/mol. The predicted molar refractivity (Wildman–Crippen MR) is 142 cm³/mol. The van der Waals surface area contributed by atoms with Gasteiger partial charge in [-0.2, -0.15) is 0 Å². The van der Waals surface area contributed by atoms with Gasteiger partial charge in [0, 0.05) is 0 Å². The molecule has 3 aromatic rings. The van der Waals surface area contributed by atoms with Gasteiger partial charge in [0.2, 0.25) is 0 Å². The molecule has 1 aromatic carbocycles. The van der Waals surface area contributed by atoms with Crippen molar-refractivity contribution in [2.45, 2.75) is 63.4 Å². The fourth-order valence-corrected chi connectivity index (χ4v) is 6.39. The highest BCUT2D eigenvalue weighted by Gasteiger charge is 2.61. The Balaban J connectivity index is 1.62. The predicted octanol–water partition coefficient (Wildman–Crippen LogP) is 1.91. The van der Waals surface area contributed by atoms with Crippen molar-refractivity contribution in [1.29, 1.82) is 0 Å². The quantitative estimate of drug-likeness (QED) is 0.185. The van der Waals surface area contributed by atoms with Crippen molar-refractivity contribution in [2.24, 2.45) is 0 Å². The number of fused-ring (bicyclic) bond motifs is 1. The number of aliphatic hydroxyl groups excluding tert-OH is 2. The zero-order valence-electron chi connectivity index (χ0n) is 21.6. The molecule has 218 valence electrons. The van der Waals surface area contributed by atoms with E-state index in [2.05, 4.69) is 20.0 Å². The highest BCUT2D eigenvalue weighted by Crippen LogP contribution is 2.49. The molecule has 1 saturated heterocycles. The third kappa shape index (κ3) is 6.07. The summed E-state index contributed by atoms with van der Waals surface area (Å²) in [7, 11) is 0. The van der Waals surface area contributed by atoms with Crippen LogP contribution in [0.15, 0.2) is 43.0 Å². The van der Waals surface area contributed by atoms with Crippen molar-refractivity contribution in [2.75, 3.05) is 12.3 Å². The number of aromatic nitrogens is 4. The third-order valence-corrected chi connectivity index (χ3v) is 8.45. The Hall–Kier alpha value is -2.85. The summed E-state index contributed by atoms with van der Waals surface area (Å²) in [5, 5.41) is 24.4. The van der Waals surface area contributed by atoms with Crippen molar-refractivity contribution >= 4 is 41.4 Å². The van der Waals surface area contributed by atoms with Crippen LogP contribution in [0, 0.1) is 0 Å². The van der Waals surface area contributed by atoms with Crippen LogP contribution >= 0.6 is 6.64 Å². The molecular formula is C23H29F2N6O7PS. The Morgan fingerprint density at radius 3 is 2.60 bits per heavy atom. The number of imidazole rings is 1. The van der Waals surface area contributed by atoms with Crippen molar-refractivity contribution in [3.63, 3.8) is 0 Å². The number of para-hydroxylation sites is 1. The van der Waals surface area contributed by atoms with Crippen LogP contribution < -0.4 is 15.3 Å². The van der Waals surface area contributed by atoms with Crippen molar-refractivity contribution in [1.82, 2.24) is 24.6 Å². The molecule has 1 unspecified atom stereocenters. The minimum Gasteiger partial charge on any atom is -0.462 e. The van der Waals surface area contributed by atoms with Crippen LogP contribution in [0.4, 0.5) is 14.6 Å². The number of hydrogen-bond acceptors (Lipinski definition) is 12. The fraction of sp³-hybridized carbons (Fsp3) is 0.478. The van der Waals surface area contributed by atoms with Crippen LogP contribution in [0.2, 0.25) is 0 Å². The summed E-state index contributed by atoms with van der Waals surface area (Å²) < 4.78 is 52.8. The Morgan fingerprint density at radius 2 is 1.95 bits per heavy atom. The number of nitrogens with one attached hydrogen (secondary N) is 1. The molecule has 40 heavy (non-hydrogen) atoms. The highest BCUT2D eigenvalue weighted by molar-refractivity contribution is 8.09. The Morgan fingerprint density at radius 1 is 1.25 bits per heavy atom. The van der Waals surface area contributed by atoms with Crippen LogP contribution in [0.25, 0.3) is 11.2 Å². The maximum Gasteiger partial charge on any atom is 0.323 e. The summed E-state index contributed by atoms with van der Waals surface area (Å²) in [4.78, 5) is 24.3. The lowest BCUT2D eigenvalue weighted by molar-refractivity contribution is -0.191. The number of benzene rings is 1. The van der Waals surface area contributed by atoms with E-state index in [9.17, 15) is 23.8 Å². The van der Waals surface area contributed by atoms with E-state index in [1.54, 1.807) is 44.2 Å². The molecule has 1 aliphatic heterocycles. The second-order valence-electron chi connectivity index (χ2n) is 9.29. The van der Waals surface area contributed by atoms with E-state index >= 15 is 0 Å². The van der Waals surface area contributed by atoms with E-state index in [-0.39, 0.29) is 22.7 Å². The number of ether oxygens (including phenoxy) is 2. The second kappa shape index (κ2) is 11.9. The number of halogens is 2. The smallest absolute Gasteiger partial charge is 0.323 e. The fourth-order valence-electron chi connectivity index (χ4n) is 3.97. The molecule has 17 heteroatoms. The van der Waals surface area contributed by atoms with E-state index in [0.717, 1.165) is 10.9 Å². The number of aliphatic hydroxyl groups is 2. The van der Waals surface area contributed by atoms with Crippen LogP contribution in [0.1, 0.15) is 27.0 Å². The molecule has 5 N–H and O–H groups in total. The lowest BCUT2D eigenvalue weighted by Gasteiger charge is -2.34. The van der Waals surface area contributed by atoms with Crippen LogP contribution in [-0.2, 0) is 30.6 Å². The van der Waals surface area contributed by atoms with Gasteiger partial charge in [-0.15, -0.1) is 0 Å². The first-order valence-electron chi connectivity index (χ1n) is 12.1. The summed E-state index contributed by atoms with van der Waals surface area (Å²) in [6, 6.07) is 7.11. The van der Waals surface area contributed by atoms with Gasteiger partial charge in [0.05, 0.1) is 19.0 Å². The van der Waals surface area contributed by atoms with Gasteiger partial charge < -0.3 is 34.5 Å². The van der Waals surface area contributed by atoms with Gasteiger partial charge in [0.25, 0.3) is 6.43 Å². The number of rotatable bonds is 11. The molecule has 6 atom stereocenters. The zero-order chi connectivity index (χ0) is 29.2. The number of carbonyl (C=O) groups excluding carboxylic acids is 1. The Bertz CT molecular complexity index is 1390. The summed E-state index contributed by atoms with van der Waals surface area (Å²) in [6.07, 6.45) is -7.03. The van der Waals surface area contributed by atoms with Crippen molar-refractivity contribution in [3.05, 3.63) is 43.0 Å². The number of nitrogens with zero attached hydrogens (tertiary/aromatic N) is 4. The average molecular weight is 603 g/mol. The number of nitrogen functional groups attached to an aromatic ring is 1. The van der Waals surface area contributed by atoms with Gasteiger partial charge in [-0.1, -0.05) is 18.2 Å². The SMILES string of the molecule is CC(C)OC(=O)[C@H](C)NP(=S)(OC[C@@]1(C(F)F)O[C@@H](n2cnc3c(N)ncnc32)[C@@H](O)[C@@H]1O)Oc1ccccc1. The van der Waals surface area contributed by atoms with Crippen LogP contribution in [-0.4, -0.2) is 78.7 Å². The maximum absolute atomic E-state index is 14.6. The topological polar surface area (TPSA) is 176 Å². The number of nitrogens with two attached hydrogens (primary N) is 1. The molecule has 3 heterocycles. The first-order valence-corrected chi connectivity index (χ1v) is 14.7. The van der Waals surface area contributed by atoms with E-state index in [1.165, 1.54) is 13.3 Å². The number of esters is 1. The molecule has 0 bridgehead atoms. The molecule has 0 radical (unpaired) electrons. The molecule has 0 saturated carbocycles. The molecule has 0 aliphatic carbocycles. The molecule has 1 aliphatic rings. The molecule has 1 fully saturated rings. The highest BCUT2D eigenvalue weighted by atomic mass is 32.5. The third-order valence-electron chi connectivity index (χ3n) is 5.97.